The molecule has 0 spiro atoms. The van der Waals surface area contributed by atoms with Crippen molar-refractivity contribution in [2.45, 2.75) is 11.8 Å². The van der Waals surface area contributed by atoms with E-state index in [1.165, 1.54) is 0 Å². The van der Waals surface area contributed by atoms with Gasteiger partial charge in [0.25, 0.3) is 0 Å². The number of fused-ring (bicyclic) bond motifs is 1. The van der Waals surface area contributed by atoms with Gasteiger partial charge < -0.3 is 0 Å². The maximum Gasteiger partial charge on any atom is 0.128 e. The predicted octanol–water partition coefficient (Wildman–Crippen LogP) is 6.53. The Bertz CT molecular complexity index is 811. The standard InChI is InChI=1S/C18H13Br2F/c1-11-6-7-15(17(21)10-11)18(20)14-8-9-16(19)13-5-3-2-4-12(13)14/h2-10,18H,1H3. The van der Waals surface area contributed by atoms with Crippen molar-refractivity contribution < 1.29 is 4.39 Å². The molecule has 3 aromatic rings. The van der Waals surface area contributed by atoms with E-state index in [1.54, 1.807) is 6.07 Å². The zero-order valence-electron chi connectivity index (χ0n) is 11.4. The van der Waals surface area contributed by atoms with E-state index in [2.05, 4.69) is 44.0 Å². The summed E-state index contributed by atoms with van der Waals surface area (Å²) in [6.07, 6.45) is 0. The Morgan fingerprint density at radius 3 is 2.29 bits per heavy atom. The summed E-state index contributed by atoms with van der Waals surface area (Å²) in [4.78, 5) is -0.170. The Hall–Kier alpha value is -1.19. The largest absolute Gasteiger partial charge is 0.207 e. The van der Waals surface area contributed by atoms with Crippen LogP contribution < -0.4 is 0 Å². The quantitative estimate of drug-likeness (QED) is 0.423. The molecule has 3 aromatic carbocycles. The molecular weight excluding hydrogens is 395 g/mol. The van der Waals surface area contributed by atoms with Gasteiger partial charge in [0.15, 0.2) is 0 Å². The van der Waals surface area contributed by atoms with E-state index in [0.29, 0.717) is 5.56 Å². The van der Waals surface area contributed by atoms with Crippen LogP contribution in [0.3, 0.4) is 0 Å². The second-order valence-electron chi connectivity index (χ2n) is 5.07. The molecule has 0 aliphatic carbocycles. The Balaban J connectivity index is 2.18. The van der Waals surface area contributed by atoms with Crippen LogP contribution in [0.2, 0.25) is 0 Å². The van der Waals surface area contributed by atoms with Gasteiger partial charge in [-0.2, -0.15) is 0 Å². The highest BCUT2D eigenvalue weighted by atomic mass is 79.9. The zero-order chi connectivity index (χ0) is 15.0. The molecule has 1 unspecified atom stereocenters. The number of halogens is 3. The monoisotopic (exact) mass is 406 g/mol. The van der Waals surface area contributed by atoms with Crippen molar-refractivity contribution in [3.05, 3.63) is 81.6 Å². The van der Waals surface area contributed by atoms with Gasteiger partial charge >= 0.3 is 0 Å². The highest BCUT2D eigenvalue weighted by Gasteiger charge is 2.17. The lowest BCUT2D eigenvalue weighted by Gasteiger charge is -2.15. The highest BCUT2D eigenvalue weighted by Crippen LogP contribution is 2.38. The van der Waals surface area contributed by atoms with Crippen molar-refractivity contribution in [2.24, 2.45) is 0 Å². The summed E-state index contributed by atoms with van der Waals surface area (Å²) < 4.78 is 15.3. The third-order valence-corrected chi connectivity index (χ3v) is 5.28. The van der Waals surface area contributed by atoms with Crippen LogP contribution >= 0.6 is 31.9 Å². The van der Waals surface area contributed by atoms with Crippen molar-refractivity contribution in [1.29, 1.82) is 0 Å². The number of aryl methyl sites for hydroxylation is 1. The van der Waals surface area contributed by atoms with Crippen LogP contribution in [0.4, 0.5) is 4.39 Å². The molecule has 0 bridgehead atoms. The maximum absolute atomic E-state index is 14.2. The van der Waals surface area contributed by atoms with Gasteiger partial charge in [-0.25, -0.2) is 4.39 Å². The molecule has 0 heterocycles. The van der Waals surface area contributed by atoms with Gasteiger partial charge in [-0.15, -0.1) is 0 Å². The molecule has 21 heavy (non-hydrogen) atoms. The fourth-order valence-corrected chi connectivity index (χ4v) is 3.76. The van der Waals surface area contributed by atoms with Gasteiger partial charge in [0.2, 0.25) is 0 Å². The molecule has 106 valence electrons. The normalized spacial score (nSPS) is 12.6. The number of rotatable bonds is 2. The third kappa shape index (κ3) is 2.77. The Kier molecular flexibility index (Phi) is 4.14. The Morgan fingerprint density at radius 2 is 1.57 bits per heavy atom. The predicted molar refractivity (Wildman–Crippen MR) is 93.6 cm³/mol. The van der Waals surface area contributed by atoms with Crippen molar-refractivity contribution in [3.8, 4) is 0 Å². The highest BCUT2D eigenvalue weighted by molar-refractivity contribution is 9.10. The number of hydrogen-bond acceptors (Lipinski definition) is 0. The minimum absolute atomic E-state index is 0.170. The molecule has 0 fully saturated rings. The van der Waals surface area contributed by atoms with E-state index in [1.807, 2.05) is 43.3 Å². The van der Waals surface area contributed by atoms with Crippen molar-refractivity contribution in [2.75, 3.05) is 0 Å². The maximum atomic E-state index is 14.2. The Labute approximate surface area is 140 Å². The zero-order valence-corrected chi connectivity index (χ0v) is 14.6. The lowest BCUT2D eigenvalue weighted by atomic mass is 9.97. The number of hydrogen-bond donors (Lipinski definition) is 0. The molecule has 0 radical (unpaired) electrons. The van der Waals surface area contributed by atoms with Gasteiger partial charge in [-0.1, -0.05) is 74.3 Å². The van der Waals surface area contributed by atoms with Crippen molar-refractivity contribution in [1.82, 2.24) is 0 Å². The molecule has 0 N–H and O–H groups in total. The molecule has 0 aromatic heterocycles. The van der Waals surface area contributed by atoms with Gasteiger partial charge in [0.05, 0.1) is 4.83 Å². The second-order valence-corrected chi connectivity index (χ2v) is 6.84. The molecule has 0 saturated heterocycles. The molecular formula is C18H13Br2F. The first-order valence-corrected chi connectivity index (χ1v) is 8.36. The second kappa shape index (κ2) is 5.90. The molecule has 3 heteroatoms. The molecule has 0 aliphatic rings. The van der Waals surface area contributed by atoms with Crippen LogP contribution in [-0.2, 0) is 0 Å². The summed E-state index contributed by atoms with van der Waals surface area (Å²) in [7, 11) is 0. The van der Waals surface area contributed by atoms with Crippen LogP contribution in [0.15, 0.2) is 59.1 Å². The lowest BCUT2D eigenvalue weighted by Crippen LogP contribution is -1.98. The van der Waals surface area contributed by atoms with E-state index in [-0.39, 0.29) is 10.6 Å². The van der Waals surface area contributed by atoms with E-state index in [4.69, 9.17) is 0 Å². The van der Waals surface area contributed by atoms with E-state index in [9.17, 15) is 4.39 Å². The smallest absolute Gasteiger partial charge is 0.128 e. The van der Waals surface area contributed by atoms with Crippen LogP contribution in [0, 0.1) is 12.7 Å². The van der Waals surface area contributed by atoms with Gasteiger partial charge in [0.1, 0.15) is 5.82 Å². The summed E-state index contributed by atoms with van der Waals surface area (Å²) in [5.41, 5.74) is 2.65. The molecule has 0 saturated carbocycles. The van der Waals surface area contributed by atoms with Crippen LogP contribution in [0.1, 0.15) is 21.5 Å². The molecule has 1 atom stereocenters. The van der Waals surface area contributed by atoms with E-state index in [0.717, 1.165) is 26.4 Å². The summed E-state index contributed by atoms with van der Waals surface area (Å²) in [6, 6.07) is 17.5. The first-order chi connectivity index (χ1) is 10.1. The molecule has 3 rings (SSSR count). The van der Waals surface area contributed by atoms with Crippen molar-refractivity contribution in [3.63, 3.8) is 0 Å². The average molecular weight is 408 g/mol. The van der Waals surface area contributed by atoms with Gasteiger partial charge in [0, 0.05) is 10.0 Å². The summed E-state index contributed by atoms with van der Waals surface area (Å²) >= 11 is 7.23. The summed E-state index contributed by atoms with van der Waals surface area (Å²) in [5.74, 6) is -0.177. The number of alkyl halides is 1. The third-order valence-electron chi connectivity index (χ3n) is 3.61. The van der Waals surface area contributed by atoms with Gasteiger partial charge in [-0.3, -0.25) is 0 Å². The van der Waals surface area contributed by atoms with E-state index < -0.39 is 0 Å². The minimum Gasteiger partial charge on any atom is -0.207 e. The average Bonchev–Trinajstić information content (AvgIpc) is 2.47. The minimum atomic E-state index is -0.177. The SMILES string of the molecule is Cc1ccc(C(Br)c2ccc(Br)c3ccccc23)c(F)c1. The first-order valence-electron chi connectivity index (χ1n) is 6.65. The summed E-state index contributed by atoms with van der Waals surface area (Å²) in [5, 5.41) is 2.25. The summed E-state index contributed by atoms with van der Waals surface area (Å²) in [6.45, 7) is 1.89. The van der Waals surface area contributed by atoms with Crippen LogP contribution in [-0.4, -0.2) is 0 Å². The van der Waals surface area contributed by atoms with Gasteiger partial charge in [-0.05, 0) is 41.0 Å². The topological polar surface area (TPSA) is 0 Å². The van der Waals surface area contributed by atoms with Crippen molar-refractivity contribution >= 4 is 42.6 Å². The van der Waals surface area contributed by atoms with Crippen LogP contribution in [0.25, 0.3) is 10.8 Å². The molecule has 0 nitrogen and oxygen atoms in total. The lowest BCUT2D eigenvalue weighted by molar-refractivity contribution is 0.612. The molecule has 0 amide bonds. The fraction of sp³-hybridized carbons (Fsp3) is 0.111. The molecule has 0 aliphatic heterocycles. The fourth-order valence-electron chi connectivity index (χ4n) is 2.51. The van der Waals surface area contributed by atoms with Crippen LogP contribution in [0.5, 0.6) is 0 Å². The first kappa shape index (κ1) is 14.7. The van der Waals surface area contributed by atoms with E-state index >= 15 is 0 Å². The number of benzene rings is 3. The Morgan fingerprint density at radius 1 is 0.905 bits per heavy atom.